The van der Waals surface area contributed by atoms with Gasteiger partial charge in [0.1, 0.15) is 0 Å². The average molecular weight is 261 g/mol. The van der Waals surface area contributed by atoms with Gasteiger partial charge in [0.05, 0.1) is 0 Å². The van der Waals surface area contributed by atoms with Crippen LogP contribution in [0, 0.1) is 0 Å². The molecule has 2 nitrogen and oxygen atoms in total. The zero-order valence-electron chi connectivity index (χ0n) is 10.6. The number of nitrogens with one attached hydrogen (secondary N) is 1. The maximum Gasteiger partial charge on any atom is 0.0409 e. The van der Waals surface area contributed by atoms with Gasteiger partial charge in [0.2, 0.25) is 0 Å². The van der Waals surface area contributed by atoms with Crippen LogP contribution in [0.2, 0.25) is 5.02 Å². The van der Waals surface area contributed by atoms with Crippen molar-refractivity contribution in [2.45, 2.75) is 25.9 Å². The predicted molar refractivity (Wildman–Crippen MR) is 75.7 cm³/mol. The molecular formula is C15H17ClN2. The highest BCUT2D eigenvalue weighted by Crippen LogP contribution is 2.21. The molecular weight excluding hydrogens is 244 g/mol. The van der Waals surface area contributed by atoms with E-state index >= 15 is 0 Å². The van der Waals surface area contributed by atoms with Crippen molar-refractivity contribution < 1.29 is 0 Å². The van der Waals surface area contributed by atoms with Crippen LogP contribution >= 0.6 is 11.6 Å². The lowest BCUT2D eigenvalue weighted by Gasteiger charge is -2.20. The van der Waals surface area contributed by atoms with Crippen LogP contribution in [0.1, 0.15) is 37.1 Å². The van der Waals surface area contributed by atoms with Crippen molar-refractivity contribution in [3.63, 3.8) is 0 Å². The standard InChI is InChI=1S/C15H17ClN2/c1-11(13-6-8-17-9-7-13)18-12(2)14-4-3-5-15(16)10-14/h3-12,18H,1-2H3/t11-,12?/m0/s1. The summed E-state index contributed by atoms with van der Waals surface area (Å²) in [7, 11) is 0. The zero-order chi connectivity index (χ0) is 13.0. The predicted octanol–water partition coefficient (Wildman–Crippen LogP) is 4.15. The van der Waals surface area contributed by atoms with E-state index in [9.17, 15) is 0 Å². The molecule has 0 amide bonds. The SMILES string of the molecule is CC(N[C@@H](C)c1ccncc1)c1cccc(Cl)c1. The van der Waals surface area contributed by atoms with Crippen LogP contribution < -0.4 is 5.32 Å². The first-order valence-corrected chi connectivity index (χ1v) is 6.46. The first-order valence-electron chi connectivity index (χ1n) is 6.08. The molecule has 1 aromatic carbocycles. The monoisotopic (exact) mass is 260 g/mol. The lowest BCUT2D eigenvalue weighted by molar-refractivity contribution is 0.494. The van der Waals surface area contributed by atoms with Gasteiger partial charge in [0.15, 0.2) is 0 Å². The number of aromatic nitrogens is 1. The summed E-state index contributed by atoms with van der Waals surface area (Å²) >= 11 is 6.01. The molecule has 0 aliphatic rings. The molecule has 0 spiro atoms. The fourth-order valence-electron chi connectivity index (χ4n) is 2.00. The van der Waals surface area contributed by atoms with Crippen molar-refractivity contribution in [3.05, 3.63) is 64.9 Å². The molecule has 0 radical (unpaired) electrons. The molecule has 0 saturated heterocycles. The van der Waals surface area contributed by atoms with Gasteiger partial charge >= 0.3 is 0 Å². The molecule has 1 N–H and O–H groups in total. The Hall–Kier alpha value is -1.38. The van der Waals surface area contributed by atoms with Crippen LogP contribution in [-0.4, -0.2) is 4.98 Å². The summed E-state index contributed by atoms with van der Waals surface area (Å²) in [5, 5.41) is 4.33. The number of hydrogen-bond donors (Lipinski definition) is 1. The van der Waals surface area contributed by atoms with Gasteiger partial charge in [0, 0.05) is 29.5 Å². The molecule has 1 heterocycles. The second-order valence-corrected chi connectivity index (χ2v) is 4.88. The molecule has 2 rings (SSSR count). The summed E-state index contributed by atoms with van der Waals surface area (Å²) in [4.78, 5) is 4.03. The number of nitrogens with zero attached hydrogens (tertiary/aromatic N) is 1. The highest BCUT2D eigenvalue weighted by Gasteiger charge is 2.10. The van der Waals surface area contributed by atoms with Crippen molar-refractivity contribution in [3.8, 4) is 0 Å². The number of halogens is 1. The number of pyridine rings is 1. The van der Waals surface area contributed by atoms with E-state index in [4.69, 9.17) is 11.6 Å². The Balaban J connectivity index is 2.05. The molecule has 0 saturated carbocycles. The minimum Gasteiger partial charge on any atom is -0.304 e. The second kappa shape index (κ2) is 5.98. The third kappa shape index (κ3) is 3.31. The van der Waals surface area contributed by atoms with Crippen LogP contribution in [0.4, 0.5) is 0 Å². The van der Waals surface area contributed by atoms with E-state index in [0.717, 1.165) is 5.02 Å². The quantitative estimate of drug-likeness (QED) is 0.893. The van der Waals surface area contributed by atoms with Gasteiger partial charge in [-0.3, -0.25) is 4.98 Å². The molecule has 0 aliphatic heterocycles. The second-order valence-electron chi connectivity index (χ2n) is 4.45. The number of hydrogen-bond acceptors (Lipinski definition) is 2. The van der Waals surface area contributed by atoms with Crippen LogP contribution in [-0.2, 0) is 0 Å². The third-order valence-electron chi connectivity index (χ3n) is 3.05. The summed E-state index contributed by atoms with van der Waals surface area (Å²) in [6.45, 7) is 4.29. The van der Waals surface area contributed by atoms with Crippen molar-refractivity contribution in [2.24, 2.45) is 0 Å². The maximum absolute atomic E-state index is 6.01. The van der Waals surface area contributed by atoms with E-state index in [1.165, 1.54) is 11.1 Å². The molecule has 1 aromatic heterocycles. The van der Waals surface area contributed by atoms with Gasteiger partial charge in [-0.2, -0.15) is 0 Å². The number of benzene rings is 1. The lowest BCUT2D eigenvalue weighted by Crippen LogP contribution is -2.22. The first kappa shape index (κ1) is 13.1. The Bertz CT molecular complexity index is 499. The highest BCUT2D eigenvalue weighted by atomic mass is 35.5. The van der Waals surface area contributed by atoms with E-state index in [-0.39, 0.29) is 12.1 Å². The Morgan fingerprint density at radius 3 is 2.33 bits per heavy atom. The molecule has 0 fully saturated rings. The van der Waals surface area contributed by atoms with Gasteiger partial charge in [0.25, 0.3) is 0 Å². The molecule has 94 valence electrons. The van der Waals surface area contributed by atoms with Gasteiger partial charge in [-0.25, -0.2) is 0 Å². The Morgan fingerprint density at radius 1 is 1.00 bits per heavy atom. The summed E-state index contributed by atoms with van der Waals surface area (Å²) in [5.74, 6) is 0. The normalized spacial score (nSPS) is 14.2. The van der Waals surface area contributed by atoms with Crippen molar-refractivity contribution >= 4 is 11.6 Å². The topological polar surface area (TPSA) is 24.9 Å². The van der Waals surface area contributed by atoms with E-state index in [1.807, 2.05) is 42.7 Å². The fraction of sp³-hybridized carbons (Fsp3) is 0.267. The van der Waals surface area contributed by atoms with Crippen LogP contribution in [0.5, 0.6) is 0 Å². The molecule has 0 aliphatic carbocycles. The van der Waals surface area contributed by atoms with E-state index in [1.54, 1.807) is 0 Å². The molecule has 2 atom stereocenters. The van der Waals surface area contributed by atoms with Gasteiger partial charge in [-0.1, -0.05) is 23.7 Å². The minimum atomic E-state index is 0.256. The van der Waals surface area contributed by atoms with Gasteiger partial charge < -0.3 is 5.32 Å². The Morgan fingerprint density at radius 2 is 1.67 bits per heavy atom. The maximum atomic E-state index is 6.01. The van der Waals surface area contributed by atoms with Crippen LogP contribution in [0.15, 0.2) is 48.8 Å². The molecule has 2 aromatic rings. The van der Waals surface area contributed by atoms with Crippen LogP contribution in [0.25, 0.3) is 0 Å². The zero-order valence-corrected chi connectivity index (χ0v) is 11.4. The summed E-state index contributed by atoms with van der Waals surface area (Å²) in [6, 6.07) is 12.6. The summed E-state index contributed by atoms with van der Waals surface area (Å²) in [5.41, 5.74) is 2.43. The van der Waals surface area contributed by atoms with Gasteiger partial charge in [-0.05, 0) is 49.2 Å². The van der Waals surface area contributed by atoms with Crippen molar-refractivity contribution in [1.82, 2.24) is 10.3 Å². The van der Waals surface area contributed by atoms with E-state index < -0.39 is 0 Å². The smallest absolute Gasteiger partial charge is 0.0409 e. The number of rotatable bonds is 4. The Labute approximate surface area is 113 Å². The summed E-state index contributed by atoms with van der Waals surface area (Å²) < 4.78 is 0. The largest absolute Gasteiger partial charge is 0.304 e. The van der Waals surface area contributed by atoms with E-state index in [0.29, 0.717) is 0 Å². The molecule has 0 bridgehead atoms. The average Bonchev–Trinajstić information content (AvgIpc) is 2.39. The van der Waals surface area contributed by atoms with Crippen molar-refractivity contribution in [2.75, 3.05) is 0 Å². The third-order valence-corrected chi connectivity index (χ3v) is 3.29. The minimum absolute atomic E-state index is 0.256. The fourth-order valence-corrected chi connectivity index (χ4v) is 2.19. The highest BCUT2D eigenvalue weighted by molar-refractivity contribution is 6.30. The van der Waals surface area contributed by atoms with E-state index in [2.05, 4.69) is 30.2 Å². The summed E-state index contributed by atoms with van der Waals surface area (Å²) in [6.07, 6.45) is 3.63. The van der Waals surface area contributed by atoms with Crippen molar-refractivity contribution in [1.29, 1.82) is 0 Å². The Kier molecular flexibility index (Phi) is 4.34. The van der Waals surface area contributed by atoms with Gasteiger partial charge in [-0.15, -0.1) is 0 Å². The first-order chi connectivity index (χ1) is 8.66. The molecule has 1 unspecified atom stereocenters. The lowest BCUT2D eigenvalue weighted by atomic mass is 10.1. The van der Waals surface area contributed by atoms with Crippen LogP contribution in [0.3, 0.4) is 0 Å². The molecule has 18 heavy (non-hydrogen) atoms. The molecule has 3 heteroatoms.